The van der Waals surface area contributed by atoms with E-state index < -0.39 is 11.9 Å². The van der Waals surface area contributed by atoms with Gasteiger partial charge in [0, 0.05) is 12.6 Å². The number of halogens is 1. The van der Waals surface area contributed by atoms with E-state index in [0.29, 0.717) is 5.56 Å². The molecule has 0 spiro atoms. The summed E-state index contributed by atoms with van der Waals surface area (Å²) in [6, 6.07) is 0. The normalized spacial score (nSPS) is 12.9. The molecule has 5 heteroatoms. The molecular formula is C7H9BrN2O2. The molecule has 1 atom stereocenters. The Balaban J connectivity index is 3.03. The smallest absolute Gasteiger partial charge is 0.310 e. The van der Waals surface area contributed by atoms with Crippen LogP contribution in [0.5, 0.6) is 0 Å². The number of nitrogens with zero attached hydrogens (tertiary/aromatic N) is 2. The van der Waals surface area contributed by atoms with Crippen molar-refractivity contribution < 1.29 is 9.90 Å². The fourth-order valence-corrected chi connectivity index (χ4v) is 1.40. The van der Waals surface area contributed by atoms with E-state index in [4.69, 9.17) is 5.11 Å². The van der Waals surface area contributed by atoms with Gasteiger partial charge in [0.25, 0.3) is 0 Å². The fourth-order valence-electron chi connectivity index (χ4n) is 0.863. The minimum Gasteiger partial charge on any atom is -0.481 e. The topological polar surface area (TPSA) is 55.1 Å². The Morgan fingerprint density at radius 1 is 1.83 bits per heavy atom. The molecule has 0 radical (unpaired) electrons. The third-order valence-electron chi connectivity index (χ3n) is 1.73. The average Bonchev–Trinajstić information content (AvgIpc) is 2.32. The summed E-state index contributed by atoms with van der Waals surface area (Å²) in [6.07, 6.45) is 1.56. The lowest BCUT2D eigenvalue weighted by molar-refractivity contribution is -0.138. The molecule has 0 aromatic carbocycles. The van der Waals surface area contributed by atoms with Crippen molar-refractivity contribution in [3.8, 4) is 0 Å². The fraction of sp³-hybridized carbons (Fsp3) is 0.429. The molecular weight excluding hydrogens is 224 g/mol. The Morgan fingerprint density at radius 2 is 2.42 bits per heavy atom. The summed E-state index contributed by atoms with van der Waals surface area (Å²) in [5.41, 5.74) is 0.699. The molecule has 0 aliphatic carbocycles. The van der Waals surface area contributed by atoms with Crippen molar-refractivity contribution >= 4 is 21.9 Å². The van der Waals surface area contributed by atoms with Gasteiger partial charge in [-0.15, -0.1) is 0 Å². The Labute approximate surface area is 78.3 Å². The molecule has 0 fully saturated rings. The molecule has 1 N–H and O–H groups in total. The summed E-state index contributed by atoms with van der Waals surface area (Å²) in [4.78, 5) is 10.6. The van der Waals surface area contributed by atoms with Gasteiger partial charge < -0.3 is 5.11 Å². The van der Waals surface area contributed by atoms with Crippen LogP contribution in [-0.2, 0) is 11.8 Å². The summed E-state index contributed by atoms with van der Waals surface area (Å²) in [7, 11) is 1.75. The van der Waals surface area contributed by atoms with Crippen LogP contribution in [0.2, 0.25) is 0 Å². The molecule has 4 nitrogen and oxygen atoms in total. The molecule has 1 aromatic rings. The van der Waals surface area contributed by atoms with Gasteiger partial charge in [0.2, 0.25) is 0 Å². The number of hydrogen-bond acceptors (Lipinski definition) is 2. The Kier molecular flexibility index (Phi) is 2.52. The first-order valence-corrected chi connectivity index (χ1v) is 4.23. The molecule has 1 rings (SSSR count). The second kappa shape index (κ2) is 3.26. The minimum absolute atomic E-state index is 0.520. The Bertz CT molecular complexity index is 308. The zero-order valence-corrected chi connectivity index (χ0v) is 8.37. The van der Waals surface area contributed by atoms with E-state index in [2.05, 4.69) is 21.0 Å². The van der Waals surface area contributed by atoms with Crippen LogP contribution in [0.3, 0.4) is 0 Å². The number of aliphatic carboxylic acids is 1. The van der Waals surface area contributed by atoms with E-state index in [1.54, 1.807) is 24.9 Å². The van der Waals surface area contributed by atoms with Crippen LogP contribution in [0, 0.1) is 0 Å². The molecule has 1 heterocycles. The van der Waals surface area contributed by atoms with Crippen LogP contribution in [0.25, 0.3) is 0 Å². The van der Waals surface area contributed by atoms with Gasteiger partial charge in [-0.25, -0.2) is 0 Å². The summed E-state index contributed by atoms with van der Waals surface area (Å²) in [5.74, 6) is -1.36. The van der Waals surface area contributed by atoms with Crippen LogP contribution in [0.4, 0.5) is 0 Å². The standard InChI is InChI=1S/C7H9BrN2O2/c1-4(7(11)12)5-3-9-10(2)6(5)8/h3-4H,1-2H3,(H,11,12). The number of aromatic nitrogens is 2. The molecule has 0 amide bonds. The molecule has 66 valence electrons. The Morgan fingerprint density at radius 3 is 2.75 bits per heavy atom. The largest absolute Gasteiger partial charge is 0.481 e. The molecule has 0 bridgehead atoms. The van der Waals surface area contributed by atoms with Gasteiger partial charge in [-0.1, -0.05) is 0 Å². The summed E-state index contributed by atoms with van der Waals surface area (Å²) in [5, 5.41) is 12.6. The number of carboxylic acids is 1. The first-order valence-electron chi connectivity index (χ1n) is 3.44. The first kappa shape index (κ1) is 9.25. The van der Waals surface area contributed by atoms with E-state index in [9.17, 15) is 4.79 Å². The van der Waals surface area contributed by atoms with Crippen molar-refractivity contribution in [3.05, 3.63) is 16.4 Å². The van der Waals surface area contributed by atoms with Crippen molar-refractivity contribution in [2.75, 3.05) is 0 Å². The number of carbonyl (C=O) groups is 1. The maximum Gasteiger partial charge on any atom is 0.310 e. The molecule has 0 aliphatic heterocycles. The number of hydrogen-bond donors (Lipinski definition) is 1. The molecule has 1 aromatic heterocycles. The van der Waals surface area contributed by atoms with Gasteiger partial charge >= 0.3 is 5.97 Å². The monoisotopic (exact) mass is 232 g/mol. The lowest BCUT2D eigenvalue weighted by Gasteiger charge is -2.02. The van der Waals surface area contributed by atoms with E-state index in [1.165, 1.54) is 0 Å². The van der Waals surface area contributed by atoms with Gasteiger partial charge in [0.05, 0.1) is 12.1 Å². The van der Waals surface area contributed by atoms with Crippen molar-refractivity contribution in [1.29, 1.82) is 0 Å². The highest BCUT2D eigenvalue weighted by molar-refractivity contribution is 9.10. The highest BCUT2D eigenvalue weighted by Crippen LogP contribution is 2.23. The predicted octanol–water partition coefficient (Wildman–Crippen LogP) is 1.37. The maximum absolute atomic E-state index is 10.6. The van der Waals surface area contributed by atoms with E-state index >= 15 is 0 Å². The van der Waals surface area contributed by atoms with Gasteiger partial charge in [-0.2, -0.15) is 5.10 Å². The van der Waals surface area contributed by atoms with Crippen LogP contribution < -0.4 is 0 Å². The molecule has 0 saturated heterocycles. The highest BCUT2D eigenvalue weighted by atomic mass is 79.9. The molecule has 12 heavy (non-hydrogen) atoms. The number of rotatable bonds is 2. The van der Waals surface area contributed by atoms with E-state index in [-0.39, 0.29) is 0 Å². The van der Waals surface area contributed by atoms with Crippen molar-refractivity contribution in [2.24, 2.45) is 7.05 Å². The van der Waals surface area contributed by atoms with Crippen molar-refractivity contribution in [2.45, 2.75) is 12.8 Å². The second-order valence-electron chi connectivity index (χ2n) is 2.57. The van der Waals surface area contributed by atoms with Gasteiger partial charge in [-0.05, 0) is 22.9 Å². The molecule has 0 aliphatic rings. The summed E-state index contributed by atoms with van der Waals surface area (Å²) >= 11 is 3.26. The van der Waals surface area contributed by atoms with Gasteiger partial charge in [0.1, 0.15) is 4.60 Å². The average molecular weight is 233 g/mol. The minimum atomic E-state index is -0.844. The molecule has 0 saturated carbocycles. The van der Waals surface area contributed by atoms with Crippen LogP contribution in [0.1, 0.15) is 18.4 Å². The van der Waals surface area contributed by atoms with E-state index in [1.807, 2.05) is 0 Å². The van der Waals surface area contributed by atoms with Crippen LogP contribution in [-0.4, -0.2) is 20.9 Å². The third-order valence-corrected chi connectivity index (χ3v) is 2.70. The second-order valence-corrected chi connectivity index (χ2v) is 3.33. The van der Waals surface area contributed by atoms with Crippen molar-refractivity contribution in [3.63, 3.8) is 0 Å². The summed E-state index contributed by atoms with van der Waals surface area (Å²) in [6.45, 7) is 1.63. The van der Waals surface area contributed by atoms with Gasteiger partial charge in [-0.3, -0.25) is 9.48 Å². The number of aryl methyl sites for hydroxylation is 1. The third kappa shape index (κ3) is 1.50. The maximum atomic E-state index is 10.6. The highest BCUT2D eigenvalue weighted by Gasteiger charge is 2.18. The van der Waals surface area contributed by atoms with Crippen LogP contribution >= 0.6 is 15.9 Å². The zero-order chi connectivity index (χ0) is 9.30. The van der Waals surface area contributed by atoms with Crippen molar-refractivity contribution in [1.82, 2.24) is 9.78 Å². The lowest BCUT2D eigenvalue weighted by atomic mass is 10.1. The van der Waals surface area contributed by atoms with E-state index in [0.717, 1.165) is 4.60 Å². The SMILES string of the molecule is CC(C(=O)O)c1cnn(C)c1Br. The zero-order valence-electron chi connectivity index (χ0n) is 6.78. The predicted molar refractivity (Wildman–Crippen MR) is 47.0 cm³/mol. The first-order chi connectivity index (χ1) is 5.54. The van der Waals surface area contributed by atoms with Gasteiger partial charge in [0.15, 0.2) is 0 Å². The summed E-state index contributed by atoms with van der Waals surface area (Å²) < 4.78 is 2.31. The van der Waals surface area contributed by atoms with Crippen LogP contribution in [0.15, 0.2) is 10.8 Å². The quantitative estimate of drug-likeness (QED) is 0.839. The Hall–Kier alpha value is -0.840. The lowest BCUT2D eigenvalue weighted by Crippen LogP contribution is -2.07. The molecule has 1 unspecified atom stereocenters. The number of carboxylic acid groups (broad SMARTS) is 1.